The number of benzene rings is 1. The number of hydrogen-bond acceptors (Lipinski definition) is 8. The Balaban J connectivity index is 1.09. The lowest BCUT2D eigenvalue weighted by atomic mass is 10.0. The summed E-state index contributed by atoms with van der Waals surface area (Å²) < 4.78 is 21.8. The van der Waals surface area contributed by atoms with E-state index in [1.807, 2.05) is 25.3 Å². The second-order valence-corrected chi connectivity index (χ2v) is 12.7. The number of pyridine rings is 2. The summed E-state index contributed by atoms with van der Waals surface area (Å²) in [7, 11) is 0. The van der Waals surface area contributed by atoms with Crippen molar-refractivity contribution in [2.45, 2.75) is 51.6 Å². The van der Waals surface area contributed by atoms with Gasteiger partial charge >= 0.3 is 5.97 Å². The zero-order valence-corrected chi connectivity index (χ0v) is 25.0. The van der Waals surface area contributed by atoms with E-state index in [0.29, 0.717) is 23.7 Å². The average Bonchev–Trinajstić information content (AvgIpc) is 3.68. The third kappa shape index (κ3) is 7.44. The van der Waals surface area contributed by atoms with Crippen LogP contribution in [0.1, 0.15) is 43.7 Å². The number of nitrogens with zero attached hydrogens (tertiary/aromatic N) is 4. The molecule has 1 atom stereocenters. The van der Waals surface area contributed by atoms with Crippen LogP contribution in [0.2, 0.25) is 0 Å². The number of rotatable bonds is 12. The number of aromatic nitrogens is 2. The average molecular weight is 603 g/mol. The molecular weight excluding hydrogens is 567 g/mol. The van der Waals surface area contributed by atoms with Gasteiger partial charge in [-0.25, -0.2) is 4.39 Å². The third-order valence-electron chi connectivity index (χ3n) is 8.19. The minimum absolute atomic E-state index is 0.0418. The molecule has 8 nitrogen and oxygen atoms in total. The van der Waals surface area contributed by atoms with Gasteiger partial charge in [0.1, 0.15) is 11.5 Å². The van der Waals surface area contributed by atoms with Crippen molar-refractivity contribution in [3.8, 4) is 22.1 Å². The summed E-state index contributed by atoms with van der Waals surface area (Å²) in [6.45, 7) is 6.25. The summed E-state index contributed by atoms with van der Waals surface area (Å²) >= 11 is 1.50. The maximum absolute atomic E-state index is 15.0. The van der Waals surface area contributed by atoms with Gasteiger partial charge in [0.25, 0.3) is 0 Å². The molecule has 4 aromatic rings. The summed E-state index contributed by atoms with van der Waals surface area (Å²) in [5.74, 6) is 0.0554. The SMILES string of the molecule is CC(CC(=O)O)N1CCN(Cc2ccc(-c3cc4nccc(Oc5ccc(CC(=O)CC6CC6)cc5F)c4s3)nc2)CC1. The molecule has 224 valence electrons. The maximum Gasteiger partial charge on any atom is 0.304 e. The normalized spacial score (nSPS) is 16.8. The number of carbonyl (C=O) groups excluding carboxylic acids is 1. The van der Waals surface area contributed by atoms with Crippen LogP contribution in [0.3, 0.4) is 0 Å². The van der Waals surface area contributed by atoms with Crippen LogP contribution < -0.4 is 4.74 Å². The predicted molar refractivity (Wildman–Crippen MR) is 164 cm³/mol. The van der Waals surface area contributed by atoms with Gasteiger partial charge in [0.05, 0.1) is 27.2 Å². The van der Waals surface area contributed by atoms with Crippen molar-refractivity contribution in [3.63, 3.8) is 0 Å². The molecule has 1 saturated carbocycles. The highest BCUT2D eigenvalue weighted by Crippen LogP contribution is 2.39. The summed E-state index contributed by atoms with van der Waals surface area (Å²) in [4.78, 5) is 38.0. The fourth-order valence-electron chi connectivity index (χ4n) is 5.59. The number of ketones is 1. The Bertz CT molecular complexity index is 1610. The quantitative estimate of drug-likeness (QED) is 0.205. The van der Waals surface area contributed by atoms with Crippen molar-refractivity contribution in [3.05, 3.63) is 71.8 Å². The van der Waals surface area contributed by atoms with Crippen LogP contribution in [0.15, 0.2) is 54.9 Å². The van der Waals surface area contributed by atoms with Gasteiger partial charge in [-0.3, -0.25) is 29.4 Å². The van der Waals surface area contributed by atoms with Gasteiger partial charge in [-0.2, -0.15) is 0 Å². The molecule has 1 aliphatic carbocycles. The zero-order chi connectivity index (χ0) is 29.9. The lowest BCUT2D eigenvalue weighted by molar-refractivity contribution is -0.138. The van der Waals surface area contributed by atoms with E-state index >= 15 is 0 Å². The fraction of sp³-hybridized carbons (Fsp3) is 0.394. The molecule has 43 heavy (non-hydrogen) atoms. The van der Waals surface area contributed by atoms with E-state index in [1.165, 1.54) is 17.4 Å². The van der Waals surface area contributed by atoms with Crippen LogP contribution in [0.25, 0.3) is 20.8 Å². The molecule has 3 aromatic heterocycles. The Morgan fingerprint density at radius 2 is 1.84 bits per heavy atom. The highest BCUT2D eigenvalue weighted by Gasteiger charge is 2.25. The molecule has 1 N–H and O–H groups in total. The molecule has 0 radical (unpaired) electrons. The molecule has 2 fully saturated rings. The molecule has 1 aromatic carbocycles. The minimum Gasteiger partial charge on any atom is -0.481 e. The number of carboxylic acids is 1. The number of fused-ring (bicyclic) bond motifs is 1. The first kappa shape index (κ1) is 29.3. The van der Waals surface area contributed by atoms with Crippen molar-refractivity contribution in [1.29, 1.82) is 0 Å². The minimum atomic E-state index is -0.757. The first-order chi connectivity index (χ1) is 20.8. The van der Waals surface area contributed by atoms with Gasteiger partial charge in [-0.15, -0.1) is 11.3 Å². The molecule has 2 aliphatic rings. The Kier molecular flexibility index (Phi) is 8.78. The summed E-state index contributed by atoms with van der Waals surface area (Å²) in [6.07, 6.45) is 6.79. The maximum atomic E-state index is 15.0. The highest BCUT2D eigenvalue weighted by molar-refractivity contribution is 7.22. The molecule has 0 amide bonds. The number of Topliss-reactive ketones (excluding diaryl/α,β-unsaturated/α-hetero) is 1. The number of aliphatic carboxylic acids is 1. The second-order valence-electron chi connectivity index (χ2n) is 11.7. The van der Waals surface area contributed by atoms with Gasteiger partial charge < -0.3 is 9.84 Å². The molecule has 6 rings (SSSR count). The van der Waals surface area contributed by atoms with Crippen LogP contribution in [-0.4, -0.2) is 68.8 Å². The van der Waals surface area contributed by atoms with E-state index in [4.69, 9.17) is 14.8 Å². The first-order valence-corrected chi connectivity index (χ1v) is 15.6. The number of piperazine rings is 1. The third-order valence-corrected chi connectivity index (χ3v) is 9.35. The smallest absolute Gasteiger partial charge is 0.304 e. The van der Waals surface area contributed by atoms with Crippen molar-refractivity contribution < 1.29 is 23.8 Å². The van der Waals surface area contributed by atoms with E-state index in [0.717, 1.165) is 71.9 Å². The van der Waals surface area contributed by atoms with Crippen LogP contribution in [-0.2, 0) is 22.6 Å². The molecular formula is C33H35FN4O4S. The van der Waals surface area contributed by atoms with Crippen LogP contribution in [0.4, 0.5) is 4.39 Å². The number of carboxylic acid groups (broad SMARTS) is 1. The largest absolute Gasteiger partial charge is 0.481 e. The topological polar surface area (TPSA) is 95.9 Å². The highest BCUT2D eigenvalue weighted by atomic mass is 32.1. The number of thiophene rings is 1. The van der Waals surface area contributed by atoms with Gasteiger partial charge in [-0.1, -0.05) is 12.1 Å². The summed E-state index contributed by atoms with van der Waals surface area (Å²) in [5, 5.41) is 9.07. The van der Waals surface area contributed by atoms with Gasteiger partial charge in [0.15, 0.2) is 11.6 Å². The van der Waals surface area contributed by atoms with Gasteiger partial charge in [-0.05, 0) is 61.1 Å². The van der Waals surface area contributed by atoms with E-state index in [2.05, 4.69) is 20.9 Å². The molecule has 1 saturated heterocycles. The Labute approximate surface area is 254 Å². The lowest BCUT2D eigenvalue weighted by Gasteiger charge is -2.37. The number of halogens is 1. The van der Waals surface area contributed by atoms with Crippen LogP contribution >= 0.6 is 11.3 Å². The fourth-order valence-corrected chi connectivity index (χ4v) is 6.63. The van der Waals surface area contributed by atoms with E-state index < -0.39 is 11.8 Å². The van der Waals surface area contributed by atoms with Crippen molar-refractivity contribution >= 4 is 33.3 Å². The molecule has 4 heterocycles. The number of hydrogen-bond donors (Lipinski definition) is 1. The van der Waals surface area contributed by atoms with E-state index in [1.54, 1.807) is 24.4 Å². The van der Waals surface area contributed by atoms with Crippen molar-refractivity contribution in [1.82, 2.24) is 19.8 Å². The molecule has 1 aliphatic heterocycles. The van der Waals surface area contributed by atoms with Gasteiger partial charge in [0.2, 0.25) is 0 Å². The molecule has 0 bridgehead atoms. The second kappa shape index (κ2) is 12.9. The van der Waals surface area contributed by atoms with Crippen LogP contribution in [0, 0.1) is 11.7 Å². The molecule has 0 spiro atoms. The van der Waals surface area contributed by atoms with E-state index in [9.17, 15) is 14.0 Å². The number of carbonyl (C=O) groups is 2. The Morgan fingerprint density at radius 3 is 2.53 bits per heavy atom. The monoisotopic (exact) mass is 602 g/mol. The Morgan fingerprint density at radius 1 is 1.05 bits per heavy atom. The summed E-state index contributed by atoms with van der Waals surface area (Å²) in [5.41, 5.74) is 3.36. The Hall–Kier alpha value is -3.73. The summed E-state index contributed by atoms with van der Waals surface area (Å²) in [6, 6.07) is 12.6. The zero-order valence-electron chi connectivity index (χ0n) is 24.2. The number of ether oxygens (including phenoxy) is 1. The van der Waals surface area contributed by atoms with Crippen molar-refractivity contribution in [2.75, 3.05) is 26.2 Å². The molecule has 1 unspecified atom stereocenters. The van der Waals surface area contributed by atoms with E-state index in [-0.39, 0.29) is 30.4 Å². The first-order valence-electron chi connectivity index (χ1n) is 14.8. The molecule has 10 heteroatoms. The lowest BCUT2D eigenvalue weighted by Crippen LogP contribution is -2.49. The predicted octanol–water partition coefficient (Wildman–Crippen LogP) is 6.18. The van der Waals surface area contributed by atoms with Crippen LogP contribution in [0.5, 0.6) is 11.5 Å². The standard InChI is InChI=1S/C33H35FN4O4S/c1-21(14-32(40)41)38-12-10-37(11-13-38)20-24-4-6-27(36-19-24)31-18-28-33(43-31)30(8-9-35-28)42-29-7-5-23(17-26(29)34)16-25(39)15-22-2-3-22/h4-9,17-19,21-22H,2-3,10-16,20H2,1H3,(H,40,41). The van der Waals surface area contributed by atoms with Crippen molar-refractivity contribution in [2.24, 2.45) is 5.92 Å². The van der Waals surface area contributed by atoms with Gasteiger partial charge in [0, 0.05) is 70.1 Å².